The molecule has 2 rings (SSSR count). The van der Waals surface area contributed by atoms with Crippen LogP contribution in [0.15, 0.2) is 17.0 Å². The fraction of sp³-hybridized carbons (Fsp3) is 0.455. The molecule has 1 heterocycles. The molecule has 0 unspecified atom stereocenters. The summed E-state index contributed by atoms with van der Waals surface area (Å²) in [5, 5.41) is 20.0. The summed E-state index contributed by atoms with van der Waals surface area (Å²) in [5.74, 6) is -1.26. The number of hydrogen-bond donors (Lipinski definition) is 2. The number of piperidine rings is 1. The first-order valence-electron chi connectivity index (χ1n) is 6.15. The molecule has 0 spiro atoms. The summed E-state index contributed by atoms with van der Waals surface area (Å²) in [6.07, 6.45) is -0.0999. The minimum absolute atomic E-state index is 0.0410. The molecule has 0 aromatic heterocycles. The van der Waals surface area contributed by atoms with E-state index in [9.17, 15) is 28.0 Å². The van der Waals surface area contributed by atoms with Crippen molar-refractivity contribution in [2.45, 2.75) is 23.8 Å². The summed E-state index contributed by atoms with van der Waals surface area (Å²) in [5.41, 5.74) is 4.36. The van der Waals surface area contributed by atoms with E-state index in [0.29, 0.717) is 6.07 Å². The monoisotopic (exact) mass is 319 g/mol. The van der Waals surface area contributed by atoms with E-state index in [0.717, 1.165) is 10.4 Å². The lowest BCUT2D eigenvalue weighted by Crippen LogP contribution is -2.40. The normalized spacial score (nSPS) is 17.8. The number of hydrogen-bond acceptors (Lipinski definition) is 6. The summed E-state index contributed by atoms with van der Waals surface area (Å²) in [6, 6.07) is 1.34. The molecule has 1 aliphatic heterocycles. The maximum Gasteiger partial charge on any atom is 0.274 e. The Morgan fingerprint density at radius 2 is 1.95 bits per heavy atom. The van der Waals surface area contributed by atoms with Gasteiger partial charge in [-0.1, -0.05) is 0 Å². The fourth-order valence-corrected chi connectivity index (χ4v) is 3.80. The van der Waals surface area contributed by atoms with Crippen molar-refractivity contribution in [3.63, 3.8) is 0 Å². The highest BCUT2D eigenvalue weighted by Crippen LogP contribution is 2.31. The maximum atomic E-state index is 14.0. The number of nitrogens with zero attached hydrogens (tertiary/aromatic N) is 2. The third-order valence-electron chi connectivity index (χ3n) is 3.29. The van der Waals surface area contributed by atoms with Crippen LogP contribution in [-0.4, -0.2) is 41.9 Å². The van der Waals surface area contributed by atoms with Crippen LogP contribution in [0.1, 0.15) is 12.8 Å². The Morgan fingerprint density at radius 3 is 2.43 bits per heavy atom. The molecule has 0 saturated carbocycles. The Hall–Kier alpha value is -1.78. The summed E-state index contributed by atoms with van der Waals surface area (Å²) < 4.78 is 39.7. The van der Waals surface area contributed by atoms with Gasteiger partial charge in [0.05, 0.1) is 22.8 Å². The van der Waals surface area contributed by atoms with Crippen LogP contribution in [0.4, 0.5) is 15.8 Å². The Bertz CT molecular complexity index is 647. The van der Waals surface area contributed by atoms with Gasteiger partial charge in [0.1, 0.15) is 4.90 Å². The van der Waals surface area contributed by atoms with Gasteiger partial charge in [0.15, 0.2) is 5.82 Å². The second-order valence-corrected chi connectivity index (χ2v) is 6.61. The van der Waals surface area contributed by atoms with E-state index >= 15 is 0 Å². The minimum atomic E-state index is -4.19. The zero-order valence-corrected chi connectivity index (χ0v) is 11.7. The van der Waals surface area contributed by atoms with Crippen LogP contribution in [-0.2, 0) is 10.0 Å². The lowest BCUT2D eigenvalue weighted by Gasteiger charge is -2.29. The van der Waals surface area contributed by atoms with Gasteiger partial charge >= 0.3 is 0 Å². The molecule has 0 aliphatic carbocycles. The lowest BCUT2D eigenvalue weighted by atomic mass is 10.1. The molecule has 1 saturated heterocycles. The second-order valence-electron chi connectivity index (χ2n) is 4.74. The van der Waals surface area contributed by atoms with E-state index in [4.69, 9.17) is 5.73 Å². The van der Waals surface area contributed by atoms with Gasteiger partial charge in [-0.25, -0.2) is 12.8 Å². The van der Waals surface area contributed by atoms with E-state index in [-0.39, 0.29) is 25.9 Å². The highest BCUT2D eigenvalue weighted by Gasteiger charge is 2.33. The van der Waals surface area contributed by atoms with E-state index in [1.807, 2.05) is 0 Å². The summed E-state index contributed by atoms with van der Waals surface area (Å²) in [6.45, 7) is 0.0821. The largest absolute Gasteiger partial charge is 0.397 e. The molecule has 1 aromatic carbocycles. The molecule has 10 heteroatoms. The van der Waals surface area contributed by atoms with Crippen molar-refractivity contribution < 1.29 is 22.8 Å². The van der Waals surface area contributed by atoms with Crippen LogP contribution in [0.5, 0.6) is 0 Å². The minimum Gasteiger partial charge on any atom is -0.397 e. The van der Waals surface area contributed by atoms with E-state index in [1.54, 1.807) is 0 Å². The van der Waals surface area contributed by atoms with Gasteiger partial charge in [0.25, 0.3) is 5.69 Å². The van der Waals surface area contributed by atoms with Gasteiger partial charge in [0.2, 0.25) is 10.0 Å². The zero-order valence-electron chi connectivity index (χ0n) is 10.9. The fourth-order valence-electron chi connectivity index (χ4n) is 2.19. The van der Waals surface area contributed by atoms with Crippen molar-refractivity contribution in [3.05, 3.63) is 28.1 Å². The van der Waals surface area contributed by atoms with Crippen molar-refractivity contribution in [3.8, 4) is 0 Å². The van der Waals surface area contributed by atoms with Gasteiger partial charge in [-0.2, -0.15) is 4.31 Å². The molecule has 0 amide bonds. The number of benzene rings is 1. The number of sulfonamides is 1. The second kappa shape index (κ2) is 5.54. The maximum absolute atomic E-state index is 14.0. The molecule has 1 aromatic rings. The Morgan fingerprint density at radius 1 is 1.38 bits per heavy atom. The standard InChI is InChI=1S/C11H14FN3O5S/c12-9-5-7(15(17)18)6-10(13)11(9)21(19,20)14-3-1-8(16)2-4-14/h5-6,8,16H,1-4,13H2. The predicted molar refractivity (Wildman–Crippen MR) is 71.5 cm³/mol. The lowest BCUT2D eigenvalue weighted by molar-refractivity contribution is -0.385. The average Bonchev–Trinajstić information content (AvgIpc) is 2.37. The molecule has 0 radical (unpaired) electrons. The molecule has 21 heavy (non-hydrogen) atoms. The van der Waals surface area contributed by atoms with E-state index < -0.39 is 43.1 Å². The quantitative estimate of drug-likeness (QED) is 0.473. The zero-order chi connectivity index (χ0) is 15.8. The molecular formula is C11H14FN3O5S. The number of halogens is 1. The van der Waals surface area contributed by atoms with E-state index in [1.165, 1.54) is 0 Å². The third kappa shape index (κ3) is 2.96. The van der Waals surface area contributed by atoms with Gasteiger partial charge in [-0.05, 0) is 12.8 Å². The Kier molecular flexibility index (Phi) is 4.12. The highest BCUT2D eigenvalue weighted by atomic mass is 32.2. The number of nitrogen functional groups attached to an aromatic ring is 1. The smallest absolute Gasteiger partial charge is 0.274 e. The van der Waals surface area contributed by atoms with Gasteiger partial charge in [-0.3, -0.25) is 10.1 Å². The van der Waals surface area contributed by atoms with Crippen LogP contribution in [0, 0.1) is 15.9 Å². The number of non-ortho nitro benzene ring substituents is 1. The Labute approximate surface area is 120 Å². The first kappa shape index (κ1) is 15.6. The number of nitro groups is 1. The van der Waals surface area contributed by atoms with Crippen LogP contribution in [0.25, 0.3) is 0 Å². The Balaban J connectivity index is 2.43. The number of anilines is 1. The number of nitro benzene ring substituents is 1. The van der Waals surface area contributed by atoms with Crippen molar-refractivity contribution >= 4 is 21.4 Å². The molecule has 0 bridgehead atoms. The topological polar surface area (TPSA) is 127 Å². The van der Waals surface area contributed by atoms with E-state index in [2.05, 4.69) is 0 Å². The molecule has 3 N–H and O–H groups in total. The first-order chi connectivity index (χ1) is 9.73. The molecular weight excluding hydrogens is 305 g/mol. The number of aliphatic hydroxyl groups excluding tert-OH is 1. The predicted octanol–water partition coefficient (Wildman–Crippen LogP) is 0.462. The number of aliphatic hydroxyl groups is 1. The van der Waals surface area contributed by atoms with Crippen molar-refractivity contribution in [1.29, 1.82) is 0 Å². The van der Waals surface area contributed by atoms with Crippen LogP contribution < -0.4 is 5.73 Å². The van der Waals surface area contributed by atoms with Gasteiger partial charge < -0.3 is 10.8 Å². The molecule has 116 valence electrons. The van der Waals surface area contributed by atoms with Gasteiger partial charge in [0, 0.05) is 19.2 Å². The molecule has 1 aliphatic rings. The highest BCUT2D eigenvalue weighted by molar-refractivity contribution is 7.89. The SMILES string of the molecule is Nc1cc([N+](=O)[O-])cc(F)c1S(=O)(=O)N1CCC(O)CC1. The third-order valence-corrected chi connectivity index (χ3v) is 5.28. The average molecular weight is 319 g/mol. The molecule has 8 nitrogen and oxygen atoms in total. The van der Waals surface area contributed by atoms with Crippen LogP contribution in [0.2, 0.25) is 0 Å². The van der Waals surface area contributed by atoms with Crippen molar-refractivity contribution in [2.24, 2.45) is 0 Å². The first-order valence-corrected chi connectivity index (χ1v) is 7.59. The number of nitrogens with two attached hydrogens (primary N) is 1. The summed E-state index contributed by atoms with van der Waals surface area (Å²) >= 11 is 0. The number of rotatable bonds is 3. The summed E-state index contributed by atoms with van der Waals surface area (Å²) in [4.78, 5) is 8.99. The molecule has 0 atom stereocenters. The summed E-state index contributed by atoms with van der Waals surface area (Å²) in [7, 11) is -4.19. The van der Waals surface area contributed by atoms with Gasteiger partial charge in [-0.15, -0.1) is 0 Å². The van der Waals surface area contributed by atoms with Crippen LogP contribution >= 0.6 is 0 Å². The van der Waals surface area contributed by atoms with Crippen LogP contribution in [0.3, 0.4) is 0 Å². The van der Waals surface area contributed by atoms with Crippen molar-refractivity contribution in [1.82, 2.24) is 4.31 Å². The van der Waals surface area contributed by atoms with Crippen molar-refractivity contribution in [2.75, 3.05) is 18.8 Å². The molecule has 1 fully saturated rings.